The van der Waals surface area contributed by atoms with Gasteiger partial charge in [-0.3, -0.25) is 0 Å². The fourth-order valence-corrected chi connectivity index (χ4v) is 3.40. The number of phenols is 1. The Kier molecular flexibility index (Phi) is 4.75. The Balaban J connectivity index is 1.79. The van der Waals surface area contributed by atoms with Gasteiger partial charge in [0.15, 0.2) is 0 Å². The maximum absolute atomic E-state index is 9.23. The first-order chi connectivity index (χ1) is 8.24. The van der Waals surface area contributed by atoms with E-state index in [0.717, 1.165) is 6.42 Å². The van der Waals surface area contributed by atoms with Gasteiger partial charge in [0, 0.05) is 17.8 Å². The lowest BCUT2D eigenvalue weighted by molar-refractivity contribution is 0.440. The number of benzene rings is 1. The maximum atomic E-state index is 9.23. The molecule has 0 aliphatic carbocycles. The van der Waals surface area contributed by atoms with Crippen LogP contribution >= 0.6 is 11.8 Å². The van der Waals surface area contributed by atoms with E-state index in [1.165, 1.54) is 29.9 Å². The molecular weight excluding hydrogens is 230 g/mol. The Labute approximate surface area is 108 Å². The van der Waals surface area contributed by atoms with Gasteiger partial charge in [-0.1, -0.05) is 12.1 Å². The van der Waals surface area contributed by atoms with Crippen LogP contribution in [-0.2, 0) is 6.42 Å². The summed E-state index contributed by atoms with van der Waals surface area (Å²) >= 11 is 2.06. The SMILES string of the molecule is CC(Cc1ccc(O)cc1)NC1CCCSC1. The average Bonchev–Trinajstić information content (AvgIpc) is 2.33. The molecule has 0 radical (unpaired) electrons. The molecule has 1 aliphatic rings. The molecule has 0 aromatic heterocycles. The second-order valence-corrected chi connectivity index (χ2v) is 6.00. The first-order valence-electron chi connectivity index (χ1n) is 6.36. The highest BCUT2D eigenvalue weighted by Gasteiger charge is 2.15. The molecule has 0 spiro atoms. The minimum atomic E-state index is 0.345. The monoisotopic (exact) mass is 251 g/mol. The molecule has 2 unspecified atom stereocenters. The normalized spacial score (nSPS) is 22.3. The van der Waals surface area contributed by atoms with Crippen molar-refractivity contribution in [1.29, 1.82) is 0 Å². The molecule has 1 fully saturated rings. The van der Waals surface area contributed by atoms with Crippen molar-refractivity contribution >= 4 is 11.8 Å². The number of aromatic hydroxyl groups is 1. The highest BCUT2D eigenvalue weighted by atomic mass is 32.2. The second kappa shape index (κ2) is 6.31. The van der Waals surface area contributed by atoms with Gasteiger partial charge in [0.05, 0.1) is 0 Å². The molecule has 2 rings (SSSR count). The molecule has 94 valence electrons. The molecule has 2 atom stereocenters. The van der Waals surface area contributed by atoms with Crippen LogP contribution in [0, 0.1) is 0 Å². The van der Waals surface area contributed by atoms with Gasteiger partial charge in [-0.05, 0) is 49.6 Å². The van der Waals surface area contributed by atoms with Gasteiger partial charge in [0.25, 0.3) is 0 Å². The average molecular weight is 251 g/mol. The fraction of sp³-hybridized carbons (Fsp3) is 0.571. The van der Waals surface area contributed by atoms with Crippen molar-refractivity contribution in [3.05, 3.63) is 29.8 Å². The predicted molar refractivity (Wildman–Crippen MR) is 74.8 cm³/mol. The molecule has 1 aromatic rings. The zero-order chi connectivity index (χ0) is 12.1. The Bertz CT molecular complexity index is 333. The number of rotatable bonds is 4. The summed E-state index contributed by atoms with van der Waals surface area (Å²) in [6, 6.07) is 8.72. The number of phenolic OH excluding ortho intramolecular Hbond substituents is 1. The summed E-state index contributed by atoms with van der Waals surface area (Å²) < 4.78 is 0. The third kappa shape index (κ3) is 4.25. The maximum Gasteiger partial charge on any atom is 0.115 e. The van der Waals surface area contributed by atoms with E-state index in [-0.39, 0.29) is 0 Å². The summed E-state index contributed by atoms with van der Waals surface area (Å²) in [5.41, 5.74) is 1.28. The van der Waals surface area contributed by atoms with E-state index in [1.807, 2.05) is 12.1 Å². The first-order valence-corrected chi connectivity index (χ1v) is 7.51. The fourth-order valence-electron chi connectivity index (χ4n) is 2.32. The van der Waals surface area contributed by atoms with Gasteiger partial charge in [0.2, 0.25) is 0 Å². The topological polar surface area (TPSA) is 32.3 Å². The van der Waals surface area contributed by atoms with Crippen LogP contribution in [-0.4, -0.2) is 28.7 Å². The highest BCUT2D eigenvalue weighted by molar-refractivity contribution is 7.99. The van der Waals surface area contributed by atoms with Crippen LogP contribution in [0.5, 0.6) is 5.75 Å². The van der Waals surface area contributed by atoms with Crippen molar-refractivity contribution in [1.82, 2.24) is 5.32 Å². The molecular formula is C14H21NOS. The van der Waals surface area contributed by atoms with E-state index in [2.05, 4.69) is 24.0 Å². The lowest BCUT2D eigenvalue weighted by Crippen LogP contribution is -2.40. The van der Waals surface area contributed by atoms with Crippen LogP contribution < -0.4 is 5.32 Å². The molecule has 1 aliphatic heterocycles. The van der Waals surface area contributed by atoms with E-state index >= 15 is 0 Å². The van der Waals surface area contributed by atoms with E-state index in [9.17, 15) is 5.11 Å². The standard InChI is InChI=1S/C14H21NOS/c1-11(15-13-3-2-8-17-10-13)9-12-4-6-14(16)7-5-12/h4-7,11,13,15-16H,2-3,8-10H2,1H3. The van der Waals surface area contributed by atoms with E-state index < -0.39 is 0 Å². The van der Waals surface area contributed by atoms with Crippen molar-refractivity contribution in [2.75, 3.05) is 11.5 Å². The Morgan fingerprint density at radius 3 is 2.82 bits per heavy atom. The van der Waals surface area contributed by atoms with E-state index in [0.29, 0.717) is 17.8 Å². The summed E-state index contributed by atoms with van der Waals surface area (Å²) in [5, 5.41) is 12.9. The van der Waals surface area contributed by atoms with Crippen LogP contribution in [0.15, 0.2) is 24.3 Å². The van der Waals surface area contributed by atoms with E-state index in [4.69, 9.17) is 0 Å². The van der Waals surface area contributed by atoms with Crippen molar-refractivity contribution in [2.24, 2.45) is 0 Å². The van der Waals surface area contributed by atoms with Gasteiger partial charge in [-0.15, -0.1) is 0 Å². The second-order valence-electron chi connectivity index (χ2n) is 4.85. The van der Waals surface area contributed by atoms with Crippen LogP contribution in [0.4, 0.5) is 0 Å². The molecule has 1 aromatic carbocycles. The molecule has 0 amide bonds. The minimum Gasteiger partial charge on any atom is -0.508 e. The summed E-state index contributed by atoms with van der Waals surface area (Å²) in [4.78, 5) is 0. The summed E-state index contributed by atoms with van der Waals surface area (Å²) in [7, 11) is 0. The van der Waals surface area contributed by atoms with Gasteiger partial charge >= 0.3 is 0 Å². The van der Waals surface area contributed by atoms with Crippen molar-refractivity contribution in [3.63, 3.8) is 0 Å². The van der Waals surface area contributed by atoms with Gasteiger partial charge in [0.1, 0.15) is 5.75 Å². The molecule has 1 saturated heterocycles. The lowest BCUT2D eigenvalue weighted by Gasteiger charge is -2.26. The minimum absolute atomic E-state index is 0.345. The molecule has 1 heterocycles. The third-order valence-corrected chi connectivity index (χ3v) is 4.37. The number of nitrogens with one attached hydrogen (secondary N) is 1. The summed E-state index contributed by atoms with van der Waals surface area (Å²) in [5.74, 6) is 2.92. The summed E-state index contributed by atoms with van der Waals surface area (Å²) in [6.45, 7) is 2.24. The molecule has 3 heteroatoms. The van der Waals surface area contributed by atoms with Crippen LogP contribution in [0.1, 0.15) is 25.3 Å². The molecule has 0 bridgehead atoms. The Morgan fingerprint density at radius 2 is 2.18 bits per heavy atom. The van der Waals surface area contributed by atoms with Gasteiger partial charge < -0.3 is 10.4 Å². The van der Waals surface area contributed by atoms with Gasteiger partial charge in [-0.25, -0.2) is 0 Å². The number of hydrogen-bond acceptors (Lipinski definition) is 3. The van der Waals surface area contributed by atoms with E-state index in [1.54, 1.807) is 12.1 Å². The van der Waals surface area contributed by atoms with Crippen LogP contribution in [0.25, 0.3) is 0 Å². The summed E-state index contributed by atoms with van der Waals surface area (Å²) in [6.07, 6.45) is 3.68. The zero-order valence-corrected chi connectivity index (χ0v) is 11.2. The molecule has 2 nitrogen and oxygen atoms in total. The molecule has 0 saturated carbocycles. The largest absolute Gasteiger partial charge is 0.508 e. The molecule has 2 N–H and O–H groups in total. The zero-order valence-electron chi connectivity index (χ0n) is 10.4. The van der Waals surface area contributed by atoms with Gasteiger partial charge in [-0.2, -0.15) is 11.8 Å². The number of thioether (sulfide) groups is 1. The van der Waals surface area contributed by atoms with Crippen LogP contribution in [0.3, 0.4) is 0 Å². The quantitative estimate of drug-likeness (QED) is 0.863. The number of hydrogen-bond donors (Lipinski definition) is 2. The first kappa shape index (κ1) is 12.8. The smallest absolute Gasteiger partial charge is 0.115 e. The van der Waals surface area contributed by atoms with Crippen molar-refractivity contribution in [2.45, 2.75) is 38.3 Å². The predicted octanol–water partition coefficient (Wildman–Crippen LogP) is 2.81. The Hall–Kier alpha value is -0.670. The Morgan fingerprint density at radius 1 is 1.41 bits per heavy atom. The van der Waals surface area contributed by atoms with Crippen molar-refractivity contribution in [3.8, 4) is 5.75 Å². The van der Waals surface area contributed by atoms with Crippen molar-refractivity contribution < 1.29 is 5.11 Å². The lowest BCUT2D eigenvalue weighted by atomic mass is 10.1. The molecule has 17 heavy (non-hydrogen) atoms. The highest BCUT2D eigenvalue weighted by Crippen LogP contribution is 2.18. The third-order valence-electron chi connectivity index (χ3n) is 3.16. The van der Waals surface area contributed by atoms with Crippen LogP contribution in [0.2, 0.25) is 0 Å².